The van der Waals surface area contributed by atoms with Crippen molar-refractivity contribution in [2.24, 2.45) is 5.73 Å². The summed E-state index contributed by atoms with van der Waals surface area (Å²) in [5.41, 5.74) is 9.24. The third kappa shape index (κ3) is 3.80. The minimum Gasteiger partial charge on any atom is -0.370 e. The molecular weight excluding hydrogens is 378 g/mol. The Morgan fingerprint density at radius 2 is 2.07 bits per heavy atom. The predicted molar refractivity (Wildman–Crippen MR) is 104 cm³/mol. The molecule has 0 saturated carbocycles. The highest BCUT2D eigenvalue weighted by molar-refractivity contribution is 6.03. The molecule has 0 bridgehead atoms. The minimum atomic E-state index is -0.938. The summed E-state index contributed by atoms with van der Waals surface area (Å²) in [6, 6.07) is 2.78. The predicted octanol–water partition coefficient (Wildman–Crippen LogP) is 2.70. The molecule has 0 fully saturated rings. The highest BCUT2D eigenvalue weighted by Gasteiger charge is 2.26. The average molecular weight is 398 g/mol. The summed E-state index contributed by atoms with van der Waals surface area (Å²) in [5, 5.41) is 10.2. The zero-order valence-electron chi connectivity index (χ0n) is 15.6. The molecule has 9 heteroatoms. The van der Waals surface area contributed by atoms with Gasteiger partial charge in [-0.3, -0.25) is 15.2 Å². The second-order valence-corrected chi connectivity index (χ2v) is 7.12. The van der Waals surface area contributed by atoms with Gasteiger partial charge in [0.25, 0.3) is 5.91 Å². The van der Waals surface area contributed by atoms with Gasteiger partial charge in [0.2, 0.25) is 0 Å². The number of benzene rings is 1. The van der Waals surface area contributed by atoms with Gasteiger partial charge in [-0.05, 0) is 43.4 Å². The summed E-state index contributed by atoms with van der Waals surface area (Å²) in [4.78, 5) is 23.2. The van der Waals surface area contributed by atoms with Gasteiger partial charge in [0, 0.05) is 19.2 Å². The van der Waals surface area contributed by atoms with Crippen molar-refractivity contribution in [3.63, 3.8) is 0 Å². The van der Waals surface area contributed by atoms with Gasteiger partial charge in [0.15, 0.2) is 11.8 Å². The Bertz CT molecular complexity index is 1040. The molecule has 0 radical (unpaired) electrons. The molecule has 1 aliphatic carbocycles. The van der Waals surface area contributed by atoms with E-state index in [0.717, 1.165) is 48.4 Å². The monoisotopic (exact) mass is 398 g/mol. The first-order valence-electron chi connectivity index (χ1n) is 9.35. The fourth-order valence-electron chi connectivity index (χ4n) is 3.77. The first-order valence-corrected chi connectivity index (χ1v) is 9.35. The van der Waals surface area contributed by atoms with Crippen molar-refractivity contribution >= 4 is 23.3 Å². The number of nitrogens with one attached hydrogen (secondary N) is 2. The molecule has 2 aromatic rings. The van der Waals surface area contributed by atoms with Crippen molar-refractivity contribution in [2.45, 2.75) is 25.7 Å². The summed E-state index contributed by atoms with van der Waals surface area (Å²) in [5.74, 6) is -2.17. The molecule has 0 saturated heterocycles. The topological polar surface area (TPSA) is 108 Å². The lowest BCUT2D eigenvalue weighted by Gasteiger charge is -2.30. The Kier molecular flexibility index (Phi) is 4.96. The van der Waals surface area contributed by atoms with Crippen molar-refractivity contribution in [1.82, 2.24) is 14.9 Å². The van der Waals surface area contributed by atoms with Crippen LogP contribution >= 0.6 is 0 Å². The van der Waals surface area contributed by atoms with Crippen molar-refractivity contribution in [1.29, 1.82) is 5.41 Å². The summed E-state index contributed by atoms with van der Waals surface area (Å²) in [6.45, 7) is 1.23. The summed E-state index contributed by atoms with van der Waals surface area (Å²) in [7, 11) is 0. The quantitative estimate of drug-likeness (QED) is 0.533. The number of guanidine groups is 1. The second-order valence-electron chi connectivity index (χ2n) is 7.12. The first-order chi connectivity index (χ1) is 13.9. The molecule has 1 aromatic heterocycles. The zero-order chi connectivity index (χ0) is 20.5. The molecule has 0 spiro atoms. The summed E-state index contributed by atoms with van der Waals surface area (Å²) in [6.07, 6.45) is 4.80. The maximum Gasteiger partial charge on any atom is 0.259 e. The third-order valence-corrected chi connectivity index (χ3v) is 5.24. The molecule has 1 aromatic carbocycles. The molecule has 2 aliphatic rings. The summed E-state index contributed by atoms with van der Waals surface area (Å²) >= 11 is 0. The molecule has 1 amide bonds. The molecule has 150 valence electrons. The lowest BCUT2D eigenvalue weighted by atomic mass is 9.96. The Morgan fingerprint density at radius 3 is 2.83 bits per heavy atom. The number of carbonyl (C=O) groups is 1. The highest BCUT2D eigenvalue weighted by Crippen LogP contribution is 2.33. The van der Waals surface area contributed by atoms with Crippen LogP contribution in [0.15, 0.2) is 30.0 Å². The van der Waals surface area contributed by atoms with Crippen LogP contribution in [0.2, 0.25) is 0 Å². The molecule has 7 nitrogen and oxygen atoms in total. The number of carbonyl (C=O) groups excluding carboxylic acids is 1. The van der Waals surface area contributed by atoms with Gasteiger partial charge in [-0.25, -0.2) is 13.8 Å². The number of anilines is 1. The highest BCUT2D eigenvalue weighted by atomic mass is 19.1. The molecule has 29 heavy (non-hydrogen) atoms. The zero-order valence-corrected chi connectivity index (χ0v) is 15.6. The lowest BCUT2D eigenvalue weighted by Crippen LogP contribution is -2.40. The van der Waals surface area contributed by atoms with Crippen molar-refractivity contribution in [2.75, 3.05) is 18.4 Å². The van der Waals surface area contributed by atoms with Crippen LogP contribution in [0.25, 0.3) is 5.57 Å². The molecule has 0 unspecified atom stereocenters. The Hall–Kier alpha value is -3.36. The second kappa shape index (κ2) is 7.57. The van der Waals surface area contributed by atoms with Gasteiger partial charge in [0.1, 0.15) is 11.6 Å². The normalized spacial score (nSPS) is 16.0. The van der Waals surface area contributed by atoms with Gasteiger partial charge in [0.05, 0.1) is 23.1 Å². The maximum absolute atomic E-state index is 13.8. The lowest BCUT2D eigenvalue weighted by molar-refractivity contribution is 0.102. The molecule has 1 aliphatic heterocycles. The van der Waals surface area contributed by atoms with Crippen LogP contribution in [0.3, 0.4) is 0 Å². The molecule has 4 rings (SSSR count). The number of hydrogen-bond acceptors (Lipinski definition) is 4. The maximum atomic E-state index is 13.8. The third-order valence-electron chi connectivity index (χ3n) is 5.24. The smallest absolute Gasteiger partial charge is 0.259 e. The van der Waals surface area contributed by atoms with E-state index in [0.29, 0.717) is 25.6 Å². The van der Waals surface area contributed by atoms with Crippen LogP contribution in [0.5, 0.6) is 0 Å². The van der Waals surface area contributed by atoms with Crippen LogP contribution in [0, 0.1) is 17.0 Å². The van der Waals surface area contributed by atoms with Crippen LogP contribution in [0.1, 0.15) is 41.0 Å². The van der Waals surface area contributed by atoms with Gasteiger partial charge in [-0.1, -0.05) is 5.57 Å². The van der Waals surface area contributed by atoms with E-state index in [-0.39, 0.29) is 17.3 Å². The largest absolute Gasteiger partial charge is 0.370 e. The van der Waals surface area contributed by atoms with Gasteiger partial charge in [-0.2, -0.15) is 0 Å². The van der Waals surface area contributed by atoms with Crippen molar-refractivity contribution in [3.8, 4) is 0 Å². The Labute approximate surface area is 166 Å². The van der Waals surface area contributed by atoms with Crippen LogP contribution in [0.4, 0.5) is 14.6 Å². The number of hydrogen-bond donors (Lipinski definition) is 3. The van der Waals surface area contributed by atoms with Crippen molar-refractivity contribution < 1.29 is 13.6 Å². The number of fused-ring (bicyclic) bond motifs is 2. The van der Waals surface area contributed by atoms with Gasteiger partial charge < -0.3 is 16.0 Å². The first kappa shape index (κ1) is 19.0. The fraction of sp³-hybridized carbons (Fsp3) is 0.300. The Morgan fingerprint density at radius 1 is 1.24 bits per heavy atom. The van der Waals surface area contributed by atoms with E-state index in [1.807, 2.05) is 0 Å². The standard InChI is InChI=1S/C20H20F2N6O/c21-12-4-5-13(15(22)8-12)19(29)27-17-9-25-18-14-10-28(20(23)24)7-6-11(14)2-1-3-16(18)26-17/h4-5,8-9H,1-3,6-7,10H2,(H3,23,24)(H,26,27,29). The van der Waals surface area contributed by atoms with E-state index in [1.165, 1.54) is 11.8 Å². The molecule has 2 heterocycles. The number of amides is 1. The van der Waals surface area contributed by atoms with E-state index in [1.54, 1.807) is 4.90 Å². The van der Waals surface area contributed by atoms with Crippen LogP contribution in [-0.2, 0) is 6.42 Å². The SMILES string of the molecule is N=C(N)N1CCC2=C(C1)c1ncc(NC(=O)c3ccc(F)cc3F)nc1CCC2. The minimum absolute atomic E-state index is 0.0283. The van der Waals surface area contributed by atoms with Gasteiger partial charge >= 0.3 is 0 Å². The van der Waals surface area contributed by atoms with E-state index in [2.05, 4.69) is 15.3 Å². The van der Waals surface area contributed by atoms with E-state index < -0.39 is 17.5 Å². The van der Waals surface area contributed by atoms with Crippen LogP contribution < -0.4 is 11.1 Å². The van der Waals surface area contributed by atoms with E-state index in [9.17, 15) is 13.6 Å². The number of aryl methyl sites for hydroxylation is 1. The van der Waals surface area contributed by atoms with E-state index >= 15 is 0 Å². The Balaban J connectivity index is 1.60. The number of nitrogens with two attached hydrogens (primary N) is 1. The van der Waals surface area contributed by atoms with Gasteiger partial charge in [-0.15, -0.1) is 0 Å². The van der Waals surface area contributed by atoms with Crippen molar-refractivity contribution in [3.05, 3.63) is 58.6 Å². The fourth-order valence-corrected chi connectivity index (χ4v) is 3.77. The van der Waals surface area contributed by atoms with Crippen LogP contribution in [-0.4, -0.2) is 39.8 Å². The molecule has 0 atom stereocenters. The molecule has 4 N–H and O–H groups in total. The number of aromatic nitrogens is 2. The number of halogens is 2. The molecular formula is C20H20F2N6O. The average Bonchev–Trinajstić information content (AvgIpc) is 2.86. The summed E-state index contributed by atoms with van der Waals surface area (Å²) < 4.78 is 26.9. The van der Waals surface area contributed by atoms with E-state index in [4.69, 9.17) is 11.1 Å². The number of rotatable bonds is 2. The number of nitrogens with zero attached hydrogens (tertiary/aromatic N) is 3.